The molecule has 2 fully saturated rings. The van der Waals surface area contributed by atoms with Gasteiger partial charge in [-0.3, -0.25) is 19.3 Å². The molecule has 2 aliphatic rings. The van der Waals surface area contributed by atoms with Crippen molar-refractivity contribution < 1.29 is 27.6 Å². The number of aromatic nitrogens is 1. The lowest BCUT2D eigenvalue weighted by Crippen LogP contribution is -2.50. The van der Waals surface area contributed by atoms with E-state index in [0.29, 0.717) is 25.3 Å². The highest BCUT2D eigenvalue weighted by molar-refractivity contribution is 8.14. The van der Waals surface area contributed by atoms with Crippen LogP contribution in [0.3, 0.4) is 0 Å². The fourth-order valence-electron chi connectivity index (χ4n) is 2.99. The van der Waals surface area contributed by atoms with Gasteiger partial charge in [-0.1, -0.05) is 11.8 Å². The molecule has 1 aromatic rings. The number of carbonyl (C=O) groups excluding carboxylic acids is 3. The number of halogens is 3. The van der Waals surface area contributed by atoms with Crippen molar-refractivity contribution in [3.63, 3.8) is 0 Å². The zero-order valence-corrected chi connectivity index (χ0v) is 15.0. The number of piperidine rings is 1. The summed E-state index contributed by atoms with van der Waals surface area (Å²) in [7, 11) is 0. The van der Waals surface area contributed by atoms with Gasteiger partial charge in [0, 0.05) is 25.3 Å². The smallest absolute Gasteiger partial charge is 0.355 e. The van der Waals surface area contributed by atoms with Crippen molar-refractivity contribution in [2.75, 3.05) is 30.3 Å². The van der Waals surface area contributed by atoms with Crippen LogP contribution in [0.5, 0.6) is 0 Å². The molecule has 2 saturated heterocycles. The van der Waals surface area contributed by atoms with Crippen LogP contribution in [0.1, 0.15) is 18.4 Å². The second kappa shape index (κ2) is 7.75. The van der Waals surface area contributed by atoms with Gasteiger partial charge in [0.25, 0.3) is 5.24 Å². The van der Waals surface area contributed by atoms with Gasteiger partial charge in [-0.15, -0.1) is 0 Å². The van der Waals surface area contributed by atoms with E-state index in [0.717, 1.165) is 35.3 Å². The van der Waals surface area contributed by atoms with E-state index in [-0.39, 0.29) is 24.2 Å². The molecule has 3 rings (SSSR count). The molecule has 1 atom stereocenters. The number of amides is 3. The Balaban J connectivity index is 1.57. The minimum Gasteiger partial charge on any atom is -0.355 e. The minimum absolute atomic E-state index is 0.0446. The van der Waals surface area contributed by atoms with Gasteiger partial charge >= 0.3 is 6.18 Å². The fraction of sp³-hybridized carbons (Fsp3) is 0.500. The van der Waals surface area contributed by atoms with E-state index in [1.165, 1.54) is 6.07 Å². The van der Waals surface area contributed by atoms with Gasteiger partial charge in [-0.2, -0.15) is 13.2 Å². The Morgan fingerprint density at radius 3 is 2.70 bits per heavy atom. The van der Waals surface area contributed by atoms with Crippen LogP contribution in [0, 0.1) is 0 Å². The zero-order valence-electron chi connectivity index (χ0n) is 14.2. The molecule has 0 aliphatic carbocycles. The van der Waals surface area contributed by atoms with Crippen LogP contribution in [0.25, 0.3) is 0 Å². The highest BCUT2D eigenvalue weighted by Crippen LogP contribution is 2.29. The number of imide groups is 1. The predicted octanol–water partition coefficient (Wildman–Crippen LogP) is 1.88. The van der Waals surface area contributed by atoms with Crippen molar-refractivity contribution in [3.05, 3.63) is 23.9 Å². The third kappa shape index (κ3) is 4.71. The number of rotatable bonds is 4. The van der Waals surface area contributed by atoms with Gasteiger partial charge < -0.3 is 10.2 Å². The third-order valence-electron chi connectivity index (χ3n) is 4.33. The van der Waals surface area contributed by atoms with Gasteiger partial charge in [0.05, 0.1) is 11.3 Å². The quantitative estimate of drug-likeness (QED) is 0.828. The molecule has 0 saturated carbocycles. The molecular weight excluding hydrogens is 385 g/mol. The van der Waals surface area contributed by atoms with Crippen LogP contribution in [0.2, 0.25) is 0 Å². The lowest BCUT2D eigenvalue weighted by atomic mass is 10.1. The van der Waals surface area contributed by atoms with Crippen LogP contribution >= 0.6 is 11.8 Å². The molecule has 1 aromatic heterocycles. The first-order chi connectivity index (χ1) is 12.7. The predicted molar refractivity (Wildman–Crippen MR) is 92.2 cm³/mol. The Morgan fingerprint density at radius 2 is 2.11 bits per heavy atom. The molecule has 146 valence electrons. The molecule has 1 N–H and O–H groups in total. The molecule has 7 nitrogen and oxygen atoms in total. The van der Waals surface area contributed by atoms with E-state index in [1.807, 2.05) is 0 Å². The van der Waals surface area contributed by atoms with E-state index >= 15 is 0 Å². The monoisotopic (exact) mass is 402 g/mol. The lowest BCUT2D eigenvalue weighted by molar-refractivity contribution is -0.137. The SMILES string of the molecule is O=C(CN1C(=O)CSC1=O)NC1CCCN(c2ccc(C(F)(F)F)cn2)C1. The molecule has 0 spiro atoms. The zero-order chi connectivity index (χ0) is 19.6. The minimum atomic E-state index is -4.44. The summed E-state index contributed by atoms with van der Waals surface area (Å²) < 4.78 is 37.9. The van der Waals surface area contributed by atoms with Gasteiger partial charge in [0.15, 0.2) is 0 Å². The second-order valence-electron chi connectivity index (χ2n) is 6.29. The number of hydrogen-bond acceptors (Lipinski definition) is 6. The van der Waals surface area contributed by atoms with Crippen molar-refractivity contribution in [1.29, 1.82) is 0 Å². The highest BCUT2D eigenvalue weighted by Gasteiger charge is 2.33. The number of hydrogen-bond donors (Lipinski definition) is 1. The number of alkyl halides is 3. The van der Waals surface area contributed by atoms with Crippen molar-refractivity contribution in [2.45, 2.75) is 25.1 Å². The summed E-state index contributed by atoms with van der Waals surface area (Å²) in [6, 6.07) is 2.05. The summed E-state index contributed by atoms with van der Waals surface area (Å²) in [5.41, 5.74) is -0.814. The van der Waals surface area contributed by atoms with Crippen LogP contribution in [0.15, 0.2) is 18.3 Å². The number of nitrogens with zero attached hydrogens (tertiary/aromatic N) is 3. The summed E-state index contributed by atoms with van der Waals surface area (Å²) >= 11 is 0.863. The van der Waals surface area contributed by atoms with Gasteiger partial charge in [-0.05, 0) is 25.0 Å². The first-order valence-electron chi connectivity index (χ1n) is 8.29. The van der Waals surface area contributed by atoms with E-state index in [2.05, 4.69) is 10.3 Å². The normalized spacial score (nSPS) is 20.9. The molecule has 0 radical (unpaired) electrons. The summed E-state index contributed by atoms with van der Waals surface area (Å²) in [4.78, 5) is 41.8. The number of anilines is 1. The van der Waals surface area contributed by atoms with Crippen molar-refractivity contribution in [1.82, 2.24) is 15.2 Å². The molecule has 0 bridgehead atoms. The Morgan fingerprint density at radius 1 is 1.33 bits per heavy atom. The van der Waals surface area contributed by atoms with Crippen LogP contribution in [-0.2, 0) is 15.8 Å². The number of thioether (sulfide) groups is 1. The van der Waals surface area contributed by atoms with Crippen LogP contribution < -0.4 is 10.2 Å². The van der Waals surface area contributed by atoms with E-state index < -0.39 is 22.9 Å². The van der Waals surface area contributed by atoms with E-state index in [1.54, 1.807) is 4.90 Å². The maximum atomic E-state index is 12.6. The average molecular weight is 402 g/mol. The molecule has 27 heavy (non-hydrogen) atoms. The molecule has 3 heterocycles. The fourth-order valence-corrected chi connectivity index (χ4v) is 3.72. The lowest BCUT2D eigenvalue weighted by Gasteiger charge is -2.34. The Kier molecular flexibility index (Phi) is 5.59. The summed E-state index contributed by atoms with van der Waals surface area (Å²) in [6.45, 7) is 0.685. The van der Waals surface area contributed by atoms with Crippen LogP contribution in [-0.4, -0.2) is 58.4 Å². The van der Waals surface area contributed by atoms with Gasteiger partial charge in [0.2, 0.25) is 11.8 Å². The third-order valence-corrected chi connectivity index (χ3v) is 5.19. The van der Waals surface area contributed by atoms with E-state index in [9.17, 15) is 27.6 Å². The molecule has 11 heteroatoms. The van der Waals surface area contributed by atoms with Gasteiger partial charge in [-0.25, -0.2) is 4.98 Å². The standard InChI is InChI=1S/C16H17F3N4O3S/c17-16(18,19)10-3-4-12(20-6-10)22-5-1-2-11(7-22)21-13(24)8-23-14(25)9-27-15(23)26/h3-4,6,11H,1-2,5,7-9H2,(H,21,24). The molecule has 0 aromatic carbocycles. The maximum Gasteiger partial charge on any atom is 0.417 e. The van der Waals surface area contributed by atoms with Crippen molar-refractivity contribution in [2.24, 2.45) is 0 Å². The average Bonchev–Trinajstić information content (AvgIpc) is 2.93. The molecule has 2 aliphatic heterocycles. The first-order valence-corrected chi connectivity index (χ1v) is 9.27. The summed E-state index contributed by atoms with van der Waals surface area (Å²) in [6.07, 6.45) is -2.23. The highest BCUT2D eigenvalue weighted by atomic mass is 32.2. The number of pyridine rings is 1. The Bertz CT molecular complexity index is 725. The number of carbonyl (C=O) groups is 3. The molecule has 1 unspecified atom stereocenters. The molecular formula is C16H17F3N4O3S. The topological polar surface area (TPSA) is 82.6 Å². The van der Waals surface area contributed by atoms with Gasteiger partial charge in [0.1, 0.15) is 12.4 Å². The Labute approximate surface area is 157 Å². The van der Waals surface area contributed by atoms with E-state index in [4.69, 9.17) is 0 Å². The Hall–Kier alpha value is -2.30. The van der Waals surface area contributed by atoms with Crippen LogP contribution in [0.4, 0.5) is 23.8 Å². The number of nitrogens with one attached hydrogen (secondary N) is 1. The summed E-state index contributed by atoms with van der Waals surface area (Å²) in [5.74, 6) is -0.378. The summed E-state index contributed by atoms with van der Waals surface area (Å²) in [5, 5.41) is 2.34. The van der Waals surface area contributed by atoms with Crippen molar-refractivity contribution >= 4 is 34.6 Å². The molecule has 3 amide bonds. The first kappa shape index (κ1) is 19.5. The largest absolute Gasteiger partial charge is 0.417 e. The maximum absolute atomic E-state index is 12.6. The van der Waals surface area contributed by atoms with Crippen molar-refractivity contribution in [3.8, 4) is 0 Å². The second-order valence-corrected chi connectivity index (χ2v) is 7.22.